The van der Waals surface area contributed by atoms with Crippen LogP contribution in [-0.4, -0.2) is 18.4 Å². The quantitative estimate of drug-likeness (QED) is 0.642. The molecule has 0 spiro atoms. The molecule has 0 aromatic rings. The summed E-state index contributed by atoms with van der Waals surface area (Å²) in [5.74, 6) is 0. The summed E-state index contributed by atoms with van der Waals surface area (Å²) in [5, 5.41) is 0. The summed E-state index contributed by atoms with van der Waals surface area (Å²) >= 11 is 0. The fourth-order valence-corrected chi connectivity index (χ4v) is 6.78. The maximum Gasteiger partial charge on any atom is 0.0621 e. The molecule has 1 saturated heterocycles. The Bertz CT molecular complexity index is 110. The van der Waals surface area contributed by atoms with E-state index in [1.165, 1.54) is 6.42 Å². The van der Waals surface area contributed by atoms with Gasteiger partial charge in [0.15, 0.2) is 0 Å². The van der Waals surface area contributed by atoms with Gasteiger partial charge in [-0.15, -0.1) is 17.9 Å². The molecule has 1 rings (SSSR count). The molecule has 6 atom stereocenters. The first kappa shape index (κ1) is 9.77. The fraction of sp³-hybridized carbons (Fsp3) is 1.00. The lowest BCUT2D eigenvalue weighted by Gasteiger charge is -2.20. The molecule has 10 heavy (non-hydrogen) atoms. The van der Waals surface area contributed by atoms with Gasteiger partial charge in [-0.2, -0.15) is 0 Å². The molecule has 1 aliphatic heterocycles. The second-order valence-corrected chi connectivity index (χ2v) is 12.1. The Hall–Kier alpha value is 1.68. The van der Waals surface area contributed by atoms with Crippen molar-refractivity contribution in [2.45, 2.75) is 25.1 Å². The molecule has 60 valence electrons. The van der Waals surface area contributed by atoms with E-state index in [1.54, 1.807) is 0 Å². The van der Waals surface area contributed by atoms with Crippen molar-refractivity contribution in [2.75, 3.05) is 6.61 Å². The van der Waals surface area contributed by atoms with Gasteiger partial charge in [-0.05, 0) is 13.3 Å². The van der Waals surface area contributed by atoms with Gasteiger partial charge in [-0.25, -0.2) is 0 Å². The van der Waals surface area contributed by atoms with Gasteiger partial charge >= 0.3 is 0 Å². The molecule has 0 saturated carbocycles. The Morgan fingerprint density at radius 3 is 2.80 bits per heavy atom. The lowest BCUT2D eigenvalue weighted by Crippen LogP contribution is -2.11. The average Bonchev–Trinajstić information content (AvgIpc) is 2.34. The second kappa shape index (κ2) is 4.64. The van der Waals surface area contributed by atoms with Gasteiger partial charge < -0.3 is 4.74 Å². The third kappa shape index (κ3) is 2.33. The van der Waals surface area contributed by atoms with Crippen LogP contribution >= 0.6 is 33.1 Å². The largest absolute Gasteiger partial charge is 0.378 e. The maximum absolute atomic E-state index is 5.49. The van der Waals surface area contributed by atoms with E-state index in [1.807, 2.05) is 0 Å². The summed E-state index contributed by atoms with van der Waals surface area (Å²) in [6.45, 7) is 3.18. The van der Waals surface area contributed by atoms with Crippen molar-refractivity contribution in [3.05, 3.63) is 0 Å². The first-order valence-electron chi connectivity index (χ1n) is 3.37. The normalized spacial score (nSPS) is 37.5. The molecule has 4 unspecified atom stereocenters. The highest BCUT2D eigenvalue weighted by Crippen LogP contribution is 2.71. The van der Waals surface area contributed by atoms with Crippen molar-refractivity contribution in [1.82, 2.24) is 0 Å². The Morgan fingerprint density at radius 1 is 1.70 bits per heavy atom. The van der Waals surface area contributed by atoms with E-state index < -0.39 is 0 Å². The van der Waals surface area contributed by atoms with Crippen LogP contribution in [0, 0.1) is 0 Å². The highest BCUT2D eigenvalue weighted by Gasteiger charge is 2.28. The molecule has 0 aromatic heterocycles. The lowest BCUT2D eigenvalue weighted by atomic mass is 10.3. The summed E-state index contributed by atoms with van der Waals surface area (Å²) in [6.07, 6.45) is 1.79. The predicted octanol–water partition coefficient (Wildman–Crippen LogP) is 2.82. The van der Waals surface area contributed by atoms with Crippen LogP contribution < -0.4 is 0 Å². The zero-order valence-electron chi connectivity index (χ0n) is 6.08. The van der Waals surface area contributed by atoms with Gasteiger partial charge in [0.25, 0.3) is 0 Å². The second-order valence-electron chi connectivity index (χ2n) is 2.47. The van der Waals surface area contributed by atoms with Crippen LogP contribution in [0.25, 0.3) is 0 Å². The third-order valence-electron chi connectivity index (χ3n) is 1.84. The van der Waals surface area contributed by atoms with Crippen LogP contribution in [0.4, 0.5) is 0 Å². The van der Waals surface area contributed by atoms with Crippen LogP contribution in [0.5, 0.6) is 0 Å². The topological polar surface area (TPSA) is 9.23 Å². The zero-order chi connectivity index (χ0) is 7.56. The summed E-state index contributed by atoms with van der Waals surface area (Å²) in [5.41, 5.74) is 0.843. The Balaban J connectivity index is 2.38. The molecule has 1 nitrogen and oxygen atoms in total. The molecule has 5 heteroatoms. The van der Waals surface area contributed by atoms with Gasteiger partial charge in [0.2, 0.25) is 0 Å². The molecule has 1 heterocycles. The van der Waals surface area contributed by atoms with E-state index in [9.17, 15) is 0 Å². The molecule has 1 aliphatic rings. The molecular formula is C5H14OP4. The fourth-order valence-electron chi connectivity index (χ4n) is 1.18. The molecule has 0 amide bonds. The van der Waals surface area contributed by atoms with Crippen molar-refractivity contribution in [3.8, 4) is 0 Å². The van der Waals surface area contributed by atoms with E-state index in [4.69, 9.17) is 4.74 Å². The van der Waals surface area contributed by atoms with Crippen LogP contribution in [0.15, 0.2) is 0 Å². The Labute approximate surface area is 70.1 Å². The SMILES string of the molecule is C[C@H]1OCC[C@H]1P(P)PP. The maximum atomic E-state index is 5.49. The minimum absolute atomic E-state index is 0.164. The molecule has 1 fully saturated rings. The monoisotopic (exact) mass is 214 g/mol. The van der Waals surface area contributed by atoms with Gasteiger partial charge in [-0.3, -0.25) is 0 Å². The number of ether oxygens (including phenoxy) is 1. The summed E-state index contributed by atoms with van der Waals surface area (Å²) in [6, 6.07) is 0. The van der Waals surface area contributed by atoms with E-state index in [0.29, 0.717) is 6.10 Å². The minimum atomic E-state index is 0.164. The third-order valence-corrected chi connectivity index (χ3v) is 13.3. The zero-order valence-corrected chi connectivity index (χ0v) is 10.3. The average molecular weight is 214 g/mol. The highest BCUT2D eigenvalue weighted by molar-refractivity contribution is 8.61. The number of hydrogen-bond acceptors (Lipinski definition) is 1. The van der Waals surface area contributed by atoms with Crippen LogP contribution in [-0.2, 0) is 4.74 Å². The molecule has 0 aromatic carbocycles. The van der Waals surface area contributed by atoms with Crippen LogP contribution in [0.2, 0.25) is 0 Å². The van der Waals surface area contributed by atoms with Crippen molar-refractivity contribution in [2.24, 2.45) is 0 Å². The van der Waals surface area contributed by atoms with E-state index in [2.05, 4.69) is 24.8 Å². The number of hydrogen-bond donors (Lipinski definition) is 0. The van der Waals surface area contributed by atoms with Crippen molar-refractivity contribution in [3.63, 3.8) is 0 Å². The highest BCUT2D eigenvalue weighted by atomic mass is 32.6. The predicted molar refractivity (Wildman–Crippen MR) is 58.5 cm³/mol. The smallest absolute Gasteiger partial charge is 0.0621 e. The Kier molecular flexibility index (Phi) is 4.53. The molecule has 0 bridgehead atoms. The van der Waals surface area contributed by atoms with Gasteiger partial charge in [-0.1, -0.05) is 15.3 Å². The molecular weight excluding hydrogens is 200 g/mol. The van der Waals surface area contributed by atoms with Crippen molar-refractivity contribution in [1.29, 1.82) is 0 Å². The summed E-state index contributed by atoms with van der Waals surface area (Å²) < 4.78 is 5.49. The molecule has 0 N–H and O–H groups in total. The summed E-state index contributed by atoms with van der Waals surface area (Å²) in [7, 11) is 7.00. The van der Waals surface area contributed by atoms with Crippen molar-refractivity contribution >= 4 is 33.1 Å². The Morgan fingerprint density at radius 2 is 2.40 bits per heavy atom. The van der Waals surface area contributed by atoms with E-state index in [0.717, 1.165) is 20.2 Å². The van der Waals surface area contributed by atoms with Gasteiger partial charge in [0, 0.05) is 12.3 Å². The van der Waals surface area contributed by atoms with Crippen molar-refractivity contribution < 1.29 is 4.74 Å². The van der Waals surface area contributed by atoms with E-state index >= 15 is 0 Å². The summed E-state index contributed by atoms with van der Waals surface area (Å²) in [4.78, 5) is 0. The number of rotatable bonds is 2. The van der Waals surface area contributed by atoms with E-state index in [-0.39, 0.29) is 7.30 Å². The van der Waals surface area contributed by atoms with Gasteiger partial charge in [0.1, 0.15) is 0 Å². The molecule has 0 aliphatic carbocycles. The first-order chi connectivity index (χ1) is 4.75. The van der Waals surface area contributed by atoms with Crippen LogP contribution in [0.3, 0.4) is 0 Å². The van der Waals surface area contributed by atoms with Crippen LogP contribution in [0.1, 0.15) is 13.3 Å². The van der Waals surface area contributed by atoms with Gasteiger partial charge in [0.05, 0.1) is 6.10 Å². The first-order valence-corrected chi connectivity index (χ1v) is 10.1. The lowest BCUT2D eigenvalue weighted by molar-refractivity contribution is 0.127. The standard InChI is InChI=1S/C5H14OP4/c1-4-5(2-3-6-4)10(8)9-7/h4-5,9H,2-3,7-8H2,1H3/t4-,5-,10?/m1/s1. The minimum Gasteiger partial charge on any atom is -0.378 e. The molecule has 0 radical (unpaired) electrons.